The molecule has 0 unspecified atom stereocenters. The van der Waals surface area contributed by atoms with Gasteiger partial charge in [0.25, 0.3) is 6.43 Å². The highest BCUT2D eigenvalue weighted by molar-refractivity contribution is 5.86. The topological polar surface area (TPSA) is 12.9 Å². The van der Waals surface area contributed by atoms with E-state index in [-0.39, 0.29) is 5.56 Å². The summed E-state index contributed by atoms with van der Waals surface area (Å²) in [4.78, 5) is 4.50. The highest BCUT2D eigenvalue weighted by Gasteiger charge is 2.15. The Labute approximate surface area is 115 Å². The zero-order valence-electron chi connectivity index (χ0n) is 11.0. The van der Waals surface area contributed by atoms with Crippen molar-refractivity contribution in [2.24, 2.45) is 0 Å². The average molecular weight is 269 g/mol. The molecule has 3 heteroatoms. The Morgan fingerprint density at radius 1 is 0.950 bits per heavy atom. The maximum Gasteiger partial charge on any atom is 0.264 e. The van der Waals surface area contributed by atoms with Gasteiger partial charge in [0.1, 0.15) is 0 Å². The Hall–Kier alpha value is -2.29. The van der Waals surface area contributed by atoms with Gasteiger partial charge < -0.3 is 0 Å². The van der Waals surface area contributed by atoms with Gasteiger partial charge in [-0.25, -0.2) is 13.8 Å². The molecule has 0 fully saturated rings. The number of rotatable bonds is 2. The molecule has 1 nitrogen and oxygen atoms in total. The van der Waals surface area contributed by atoms with Crippen molar-refractivity contribution in [2.75, 3.05) is 0 Å². The van der Waals surface area contributed by atoms with Crippen molar-refractivity contribution in [3.63, 3.8) is 0 Å². The Kier molecular flexibility index (Phi) is 3.18. The third-order valence-electron chi connectivity index (χ3n) is 3.30. The SMILES string of the molecule is Cc1ccc2nc(-c3ccccc3)cc(C(F)F)c2c1. The highest BCUT2D eigenvalue weighted by Crippen LogP contribution is 2.31. The second-order valence-corrected chi connectivity index (χ2v) is 4.78. The summed E-state index contributed by atoms with van der Waals surface area (Å²) >= 11 is 0. The van der Waals surface area contributed by atoms with Crippen LogP contribution in [0.5, 0.6) is 0 Å². The molecule has 0 spiro atoms. The molecule has 0 aliphatic heterocycles. The summed E-state index contributed by atoms with van der Waals surface area (Å²) in [6.45, 7) is 1.89. The van der Waals surface area contributed by atoms with Gasteiger partial charge in [0.15, 0.2) is 0 Å². The molecule has 0 bridgehead atoms. The van der Waals surface area contributed by atoms with Crippen LogP contribution >= 0.6 is 0 Å². The molecule has 0 radical (unpaired) electrons. The quantitative estimate of drug-likeness (QED) is 0.627. The minimum Gasteiger partial charge on any atom is -0.248 e. The van der Waals surface area contributed by atoms with Gasteiger partial charge >= 0.3 is 0 Å². The summed E-state index contributed by atoms with van der Waals surface area (Å²) < 4.78 is 26.6. The summed E-state index contributed by atoms with van der Waals surface area (Å²) in [5, 5.41) is 0.527. The Morgan fingerprint density at radius 3 is 2.40 bits per heavy atom. The predicted molar refractivity (Wildman–Crippen MR) is 76.9 cm³/mol. The molecule has 0 saturated carbocycles. The third kappa shape index (κ3) is 2.27. The first kappa shape index (κ1) is 12.7. The molecule has 100 valence electrons. The average Bonchev–Trinajstić information content (AvgIpc) is 2.47. The zero-order valence-corrected chi connectivity index (χ0v) is 11.0. The van der Waals surface area contributed by atoms with Crippen molar-refractivity contribution >= 4 is 10.9 Å². The van der Waals surface area contributed by atoms with Gasteiger partial charge in [-0.2, -0.15) is 0 Å². The monoisotopic (exact) mass is 269 g/mol. The van der Waals surface area contributed by atoms with Crippen LogP contribution in [-0.4, -0.2) is 4.98 Å². The van der Waals surface area contributed by atoms with Gasteiger partial charge in [-0.1, -0.05) is 42.0 Å². The molecule has 0 aliphatic rings. The van der Waals surface area contributed by atoms with Crippen molar-refractivity contribution in [3.8, 4) is 11.3 Å². The molecule has 0 aliphatic carbocycles. The normalized spacial score (nSPS) is 11.2. The lowest BCUT2D eigenvalue weighted by Crippen LogP contribution is -1.93. The molecule has 3 aromatic rings. The maximum atomic E-state index is 13.3. The van der Waals surface area contributed by atoms with Crippen LogP contribution in [0.2, 0.25) is 0 Å². The van der Waals surface area contributed by atoms with E-state index in [0.717, 1.165) is 11.1 Å². The molecule has 3 rings (SSSR count). The predicted octanol–water partition coefficient (Wildman–Crippen LogP) is 5.15. The number of hydrogen-bond acceptors (Lipinski definition) is 1. The second-order valence-electron chi connectivity index (χ2n) is 4.78. The fourth-order valence-electron chi connectivity index (χ4n) is 2.30. The number of alkyl halides is 2. The van der Waals surface area contributed by atoms with Crippen molar-refractivity contribution < 1.29 is 8.78 Å². The standard InChI is InChI=1S/C17H13F2N/c1-11-7-8-15-13(9-11)14(17(18)19)10-16(20-15)12-5-3-2-4-6-12/h2-10,17H,1H3. The van der Waals surface area contributed by atoms with E-state index in [1.54, 1.807) is 12.1 Å². The number of hydrogen-bond donors (Lipinski definition) is 0. The lowest BCUT2D eigenvalue weighted by atomic mass is 10.0. The van der Waals surface area contributed by atoms with Gasteiger partial charge in [0.2, 0.25) is 0 Å². The fourth-order valence-corrected chi connectivity index (χ4v) is 2.30. The van der Waals surface area contributed by atoms with Crippen LogP contribution in [0.4, 0.5) is 8.78 Å². The Bertz CT molecular complexity index is 752. The smallest absolute Gasteiger partial charge is 0.248 e. The molecular formula is C17H13F2N. The first-order valence-corrected chi connectivity index (χ1v) is 6.40. The van der Waals surface area contributed by atoms with Crippen LogP contribution in [0.3, 0.4) is 0 Å². The molecule has 1 aromatic heterocycles. The number of pyridine rings is 1. The minimum absolute atomic E-state index is 0.0394. The zero-order chi connectivity index (χ0) is 14.1. The number of nitrogens with zero attached hydrogens (tertiary/aromatic N) is 1. The van der Waals surface area contributed by atoms with E-state index in [1.807, 2.05) is 43.3 Å². The van der Waals surface area contributed by atoms with Gasteiger partial charge in [0, 0.05) is 16.5 Å². The van der Waals surface area contributed by atoms with Crippen molar-refractivity contribution in [2.45, 2.75) is 13.3 Å². The molecular weight excluding hydrogens is 256 g/mol. The Morgan fingerprint density at radius 2 is 1.70 bits per heavy atom. The van der Waals surface area contributed by atoms with Crippen LogP contribution in [-0.2, 0) is 0 Å². The van der Waals surface area contributed by atoms with E-state index < -0.39 is 6.43 Å². The Balaban J connectivity index is 2.29. The number of aromatic nitrogens is 1. The van der Waals surface area contributed by atoms with Crippen LogP contribution in [0.25, 0.3) is 22.2 Å². The fraction of sp³-hybridized carbons (Fsp3) is 0.118. The highest BCUT2D eigenvalue weighted by atomic mass is 19.3. The lowest BCUT2D eigenvalue weighted by Gasteiger charge is -2.10. The van der Waals surface area contributed by atoms with Crippen molar-refractivity contribution in [1.29, 1.82) is 0 Å². The summed E-state index contributed by atoms with van der Waals surface area (Å²) in [6, 6.07) is 16.3. The second kappa shape index (κ2) is 5.00. The number of aryl methyl sites for hydroxylation is 1. The first-order valence-electron chi connectivity index (χ1n) is 6.40. The molecule has 0 amide bonds. The van der Waals surface area contributed by atoms with Crippen molar-refractivity contribution in [3.05, 3.63) is 65.7 Å². The third-order valence-corrected chi connectivity index (χ3v) is 3.30. The minimum atomic E-state index is -2.51. The summed E-state index contributed by atoms with van der Waals surface area (Å²) in [7, 11) is 0. The van der Waals surface area contributed by atoms with Gasteiger partial charge in [0.05, 0.1) is 11.2 Å². The first-order chi connectivity index (χ1) is 9.65. The van der Waals surface area contributed by atoms with E-state index in [0.29, 0.717) is 16.6 Å². The van der Waals surface area contributed by atoms with E-state index in [9.17, 15) is 8.78 Å². The van der Waals surface area contributed by atoms with E-state index >= 15 is 0 Å². The molecule has 0 saturated heterocycles. The van der Waals surface area contributed by atoms with Crippen LogP contribution < -0.4 is 0 Å². The van der Waals surface area contributed by atoms with E-state index in [4.69, 9.17) is 0 Å². The van der Waals surface area contributed by atoms with Gasteiger partial charge in [-0.3, -0.25) is 0 Å². The number of benzene rings is 2. The summed E-state index contributed by atoms with van der Waals surface area (Å²) in [5.74, 6) is 0. The molecule has 0 atom stereocenters. The van der Waals surface area contributed by atoms with Gasteiger partial charge in [-0.15, -0.1) is 0 Å². The molecule has 0 N–H and O–H groups in total. The molecule has 2 aromatic carbocycles. The van der Waals surface area contributed by atoms with Crippen LogP contribution in [0.15, 0.2) is 54.6 Å². The molecule has 20 heavy (non-hydrogen) atoms. The summed E-state index contributed by atoms with van der Waals surface area (Å²) in [6.07, 6.45) is -2.51. The number of fused-ring (bicyclic) bond motifs is 1. The molecule has 1 heterocycles. The maximum absolute atomic E-state index is 13.3. The van der Waals surface area contributed by atoms with Gasteiger partial charge in [-0.05, 0) is 25.1 Å². The number of halogens is 2. The largest absolute Gasteiger partial charge is 0.264 e. The van der Waals surface area contributed by atoms with E-state index in [2.05, 4.69) is 4.98 Å². The van der Waals surface area contributed by atoms with Crippen molar-refractivity contribution in [1.82, 2.24) is 4.98 Å². The lowest BCUT2D eigenvalue weighted by molar-refractivity contribution is 0.153. The van der Waals surface area contributed by atoms with Crippen LogP contribution in [0.1, 0.15) is 17.6 Å². The summed E-state index contributed by atoms with van der Waals surface area (Å²) in [5.41, 5.74) is 3.02. The van der Waals surface area contributed by atoms with E-state index in [1.165, 1.54) is 6.07 Å². The van der Waals surface area contributed by atoms with Crippen LogP contribution in [0, 0.1) is 6.92 Å².